The number of hydrogen-bond acceptors (Lipinski definition) is 6. The third-order valence-corrected chi connectivity index (χ3v) is 4.35. The largest absolute Gasteiger partial charge is 0.490 e. The number of nitrogens with zero attached hydrogens (tertiary/aromatic N) is 2. The van der Waals surface area contributed by atoms with Crippen LogP contribution in [-0.4, -0.2) is 50.4 Å². The van der Waals surface area contributed by atoms with Crippen molar-refractivity contribution in [2.24, 2.45) is 0 Å². The van der Waals surface area contributed by atoms with Crippen LogP contribution in [0, 0.1) is 0 Å². The molecular weight excluding hydrogens is 334 g/mol. The van der Waals surface area contributed by atoms with Crippen LogP contribution in [0.3, 0.4) is 0 Å². The quantitative estimate of drug-likeness (QED) is 0.911. The molecule has 3 heterocycles. The maximum Gasteiger partial charge on any atom is 0.259 e. The van der Waals surface area contributed by atoms with E-state index in [0.29, 0.717) is 55.0 Å². The molecule has 7 heteroatoms. The first-order chi connectivity index (χ1) is 12.8. The highest BCUT2D eigenvalue weighted by Gasteiger charge is 2.20. The van der Waals surface area contributed by atoms with Gasteiger partial charge in [-0.15, -0.1) is 0 Å². The minimum Gasteiger partial charge on any atom is -0.490 e. The van der Waals surface area contributed by atoms with Crippen molar-refractivity contribution in [3.05, 3.63) is 42.1 Å². The summed E-state index contributed by atoms with van der Waals surface area (Å²) in [6, 6.07) is 8.99. The average Bonchev–Trinajstić information content (AvgIpc) is 2.93. The number of carbonyl (C=O) groups is 1. The summed E-state index contributed by atoms with van der Waals surface area (Å²) >= 11 is 0. The Hall–Kier alpha value is -2.80. The number of benzene rings is 1. The number of fused-ring (bicyclic) bond motifs is 1. The van der Waals surface area contributed by atoms with Gasteiger partial charge < -0.3 is 24.4 Å². The van der Waals surface area contributed by atoms with Crippen LogP contribution in [0.4, 0.5) is 11.5 Å². The van der Waals surface area contributed by atoms with E-state index in [1.54, 1.807) is 24.4 Å². The SMILES string of the molecule is O=C(Nc1ccc2c(c1)OCCCO2)c1cccnc1N1CCOCC1. The van der Waals surface area contributed by atoms with Gasteiger partial charge in [0.05, 0.1) is 32.0 Å². The van der Waals surface area contributed by atoms with E-state index in [1.807, 2.05) is 12.1 Å². The lowest BCUT2D eigenvalue weighted by atomic mass is 10.2. The minimum absolute atomic E-state index is 0.200. The molecule has 2 aliphatic rings. The van der Waals surface area contributed by atoms with E-state index in [2.05, 4.69) is 15.2 Å². The lowest BCUT2D eigenvalue weighted by Crippen LogP contribution is -2.38. The summed E-state index contributed by atoms with van der Waals surface area (Å²) in [5, 5.41) is 2.94. The fourth-order valence-electron chi connectivity index (χ4n) is 3.04. The van der Waals surface area contributed by atoms with Crippen molar-refractivity contribution in [1.82, 2.24) is 4.98 Å². The van der Waals surface area contributed by atoms with Gasteiger partial charge in [0, 0.05) is 37.5 Å². The third kappa shape index (κ3) is 3.57. The van der Waals surface area contributed by atoms with Gasteiger partial charge in [0.25, 0.3) is 5.91 Å². The highest BCUT2D eigenvalue weighted by Crippen LogP contribution is 2.32. The van der Waals surface area contributed by atoms with Crippen LogP contribution in [0.5, 0.6) is 11.5 Å². The first-order valence-electron chi connectivity index (χ1n) is 8.80. The molecule has 2 aromatic rings. The second-order valence-electron chi connectivity index (χ2n) is 6.14. The molecule has 1 N–H and O–H groups in total. The number of carbonyl (C=O) groups excluding carboxylic acids is 1. The Morgan fingerprint density at radius 3 is 2.69 bits per heavy atom. The molecule has 0 aliphatic carbocycles. The van der Waals surface area contributed by atoms with E-state index in [1.165, 1.54) is 0 Å². The Kier molecular flexibility index (Phi) is 4.88. The maximum absolute atomic E-state index is 12.8. The molecule has 0 spiro atoms. The number of anilines is 2. The Morgan fingerprint density at radius 1 is 1.04 bits per heavy atom. The molecule has 0 radical (unpaired) electrons. The van der Waals surface area contributed by atoms with Crippen molar-refractivity contribution in [3.63, 3.8) is 0 Å². The molecule has 1 fully saturated rings. The Bertz CT molecular complexity index is 790. The molecule has 26 heavy (non-hydrogen) atoms. The molecule has 7 nitrogen and oxygen atoms in total. The average molecular weight is 355 g/mol. The number of morpholine rings is 1. The van der Waals surface area contributed by atoms with Gasteiger partial charge in [-0.1, -0.05) is 0 Å². The zero-order valence-electron chi connectivity index (χ0n) is 14.4. The summed E-state index contributed by atoms with van der Waals surface area (Å²) in [6.45, 7) is 3.97. The van der Waals surface area contributed by atoms with Gasteiger partial charge in [-0.05, 0) is 24.3 Å². The summed E-state index contributed by atoms with van der Waals surface area (Å²) < 4.78 is 16.7. The highest BCUT2D eigenvalue weighted by molar-refractivity contribution is 6.07. The third-order valence-electron chi connectivity index (χ3n) is 4.35. The number of rotatable bonds is 3. The number of pyridine rings is 1. The summed E-state index contributed by atoms with van der Waals surface area (Å²) in [7, 11) is 0. The zero-order valence-corrected chi connectivity index (χ0v) is 14.4. The number of ether oxygens (including phenoxy) is 3. The fraction of sp³-hybridized carbons (Fsp3) is 0.368. The van der Waals surface area contributed by atoms with E-state index in [0.717, 1.165) is 19.5 Å². The predicted octanol–water partition coefficient (Wildman–Crippen LogP) is 2.33. The standard InChI is InChI=1S/C19H21N3O4/c23-19(15-3-1-6-20-18(15)22-7-11-24-12-8-22)21-14-4-5-16-17(13-14)26-10-2-9-25-16/h1,3-6,13H,2,7-12H2,(H,21,23). The van der Waals surface area contributed by atoms with E-state index < -0.39 is 0 Å². The number of nitrogens with one attached hydrogen (secondary N) is 1. The van der Waals surface area contributed by atoms with Crippen molar-refractivity contribution < 1.29 is 19.0 Å². The molecule has 0 bridgehead atoms. The maximum atomic E-state index is 12.8. The summed E-state index contributed by atoms with van der Waals surface area (Å²) in [6.07, 6.45) is 2.55. The summed E-state index contributed by atoms with van der Waals surface area (Å²) in [5.41, 5.74) is 1.21. The Labute approximate surface area is 151 Å². The molecule has 0 atom stereocenters. The molecule has 4 rings (SSSR count). The monoisotopic (exact) mass is 355 g/mol. The second kappa shape index (κ2) is 7.61. The normalized spacial score (nSPS) is 16.7. The van der Waals surface area contributed by atoms with E-state index in [-0.39, 0.29) is 5.91 Å². The lowest BCUT2D eigenvalue weighted by molar-refractivity contribution is 0.102. The fourth-order valence-corrected chi connectivity index (χ4v) is 3.04. The van der Waals surface area contributed by atoms with Gasteiger partial charge in [0.1, 0.15) is 5.82 Å². The minimum atomic E-state index is -0.200. The van der Waals surface area contributed by atoms with Gasteiger partial charge in [0.2, 0.25) is 0 Å². The molecular formula is C19H21N3O4. The second-order valence-corrected chi connectivity index (χ2v) is 6.14. The van der Waals surface area contributed by atoms with Crippen molar-refractivity contribution in [1.29, 1.82) is 0 Å². The van der Waals surface area contributed by atoms with Gasteiger partial charge in [-0.25, -0.2) is 4.98 Å². The van der Waals surface area contributed by atoms with Crippen LogP contribution in [0.1, 0.15) is 16.8 Å². The smallest absolute Gasteiger partial charge is 0.259 e. The van der Waals surface area contributed by atoms with Crippen LogP contribution >= 0.6 is 0 Å². The van der Waals surface area contributed by atoms with Gasteiger partial charge in [-0.3, -0.25) is 4.79 Å². The van der Waals surface area contributed by atoms with Crippen molar-refractivity contribution in [3.8, 4) is 11.5 Å². The number of amides is 1. The molecule has 136 valence electrons. The zero-order chi connectivity index (χ0) is 17.8. The molecule has 1 saturated heterocycles. The number of aromatic nitrogens is 1. The number of hydrogen-bond donors (Lipinski definition) is 1. The predicted molar refractivity (Wildman–Crippen MR) is 97.3 cm³/mol. The van der Waals surface area contributed by atoms with Crippen LogP contribution in [0.25, 0.3) is 0 Å². The van der Waals surface area contributed by atoms with Crippen molar-refractivity contribution >= 4 is 17.4 Å². The lowest BCUT2D eigenvalue weighted by Gasteiger charge is -2.29. The van der Waals surface area contributed by atoms with E-state index in [4.69, 9.17) is 14.2 Å². The molecule has 1 aromatic carbocycles. The molecule has 1 aromatic heterocycles. The first kappa shape index (κ1) is 16.7. The van der Waals surface area contributed by atoms with Gasteiger partial charge in [-0.2, -0.15) is 0 Å². The first-order valence-corrected chi connectivity index (χ1v) is 8.80. The van der Waals surface area contributed by atoms with Gasteiger partial charge in [0.15, 0.2) is 11.5 Å². The Morgan fingerprint density at radius 2 is 1.85 bits per heavy atom. The molecule has 0 unspecified atom stereocenters. The topological polar surface area (TPSA) is 72.9 Å². The molecule has 1 amide bonds. The molecule has 2 aliphatic heterocycles. The molecule has 0 saturated carbocycles. The highest BCUT2D eigenvalue weighted by atomic mass is 16.5. The van der Waals surface area contributed by atoms with Gasteiger partial charge >= 0.3 is 0 Å². The van der Waals surface area contributed by atoms with Crippen molar-refractivity contribution in [2.75, 3.05) is 49.7 Å². The van der Waals surface area contributed by atoms with Crippen LogP contribution in [0.2, 0.25) is 0 Å². The van der Waals surface area contributed by atoms with Crippen LogP contribution < -0.4 is 19.7 Å². The summed E-state index contributed by atoms with van der Waals surface area (Å²) in [5.74, 6) is 1.84. The van der Waals surface area contributed by atoms with E-state index in [9.17, 15) is 4.79 Å². The van der Waals surface area contributed by atoms with E-state index >= 15 is 0 Å². The van der Waals surface area contributed by atoms with Crippen molar-refractivity contribution in [2.45, 2.75) is 6.42 Å². The van der Waals surface area contributed by atoms with Crippen LogP contribution in [-0.2, 0) is 4.74 Å². The Balaban J connectivity index is 1.54. The van der Waals surface area contributed by atoms with Crippen LogP contribution in [0.15, 0.2) is 36.5 Å². The summed E-state index contributed by atoms with van der Waals surface area (Å²) in [4.78, 5) is 19.3.